The van der Waals surface area contributed by atoms with Crippen LogP contribution in [0.2, 0.25) is 5.02 Å². The highest BCUT2D eigenvalue weighted by atomic mass is 35.5. The second-order valence-electron chi connectivity index (χ2n) is 4.04. The van der Waals surface area contributed by atoms with E-state index < -0.39 is 22.7 Å². The van der Waals surface area contributed by atoms with Gasteiger partial charge in [0.05, 0.1) is 10.6 Å². The van der Waals surface area contributed by atoms with Crippen molar-refractivity contribution in [2.24, 2.45) is 0 Å². The quantitative estimate of drug-likeness (QED) is 0.908. The van der Waals surface area contributed by atoms with Crippen molar-refractivity contribution < 1.29 is 18.0 Å². The minimum atomic E-state index is -4.60. The summed E-state index contributed by atoms with van der Waals surface area (Å²) in [5.41, 5.74) is 4.23. The summed E-state index contributed by atoms with van der Waals surface area (Å²) in [4.78, 5) is 15.3. The number of anilines is 2. The third-order valence-corrected chi connectivity index (χ3v) is 2.74. The maximum atomic E-state index is 12.7. The third kappa shape index (κ3) is 3.85. The van der Waals surface area contributed by atoms with Crippen LogP contribution >= 0.6 is 11.6 Å². The van der Waals surface area contributed by atoms with Crippen molar-refractivity contribution in [3.63, 3.8) is 0 Å². The molecule has 1 heterocycles. The fraction of sp³-hybridized carbons (Fsp3) is 0.182. The zero-order valence-corrected chi connectivity index (χ0v) is 11.1. The van der Waals surface area contributed by atoms with Crippen molar-refractivity contribution in [3.05, 3.63) is 35.1 Å². The number of amides is 1. The number of nitrogens with one attached hydrogen (secondary N) is 1. The number of nitrogens with zero attached hydrogens (tertiary/aromatic N) is 3. The summed E-state index contributed by atoms with van der Waals surface area (Å²) < 4.78 is 39.2. The zero-order valence-electron chi connectivity index (χ0n) is 10.4. The first-order valence-corrected chi connectivity index (χ1v) is 5.95. The number of alkyl halides is 3. The molecule has 0 aliphatic heterocycles. The summed E-state index contributed by atoms with van der Waals surface area (Å²) in [6.45, 7) is -0.228. The van der Waals surface area contributed by atoms with Crippen LogP contribution in [0.5, 0.6) is 0 Å². The number of halogens is 4. The topological polar surface area (TPSA) is 85.8 Å². The molecule has 0 fully saturated rings. The van der Waals surface area contributed by atoms with Crippen molar-refractivity contribution >= 4 is 29.1 Å². The maximum absolute atomic E-state index is 12.7. The van der Waals surface area contributed by atoms with Crippen LogP contribution < -0.4 is 11.1 Å². The van der Waals surface area contributed by atoms with Crippen molar-refractivity contribution in [2.75, 3.05) is 11.1 Å². The van der Waals surface area contributed by atoms with Crippen molar-refractivity contribution in [1.29, 1.82) is 0 Å². The van der Waals surface area contributed by atoms with Gasteiger partial charge < -0.3 is 11.1 Å². The number of hydrogen-bond acceptors (Lipinski definition) is 4. The molecule has 0 bridgehead atoms. The van der Waals surface area contributed by atoms with E-state index in [2.05, 4.69) is 15.4 Å². The van der Waals surface area contributed by atoms with Gasteiger partial charge in [0.25, 0.3) is 0 Å². The van der Waals surface area contributed by atoms with E-state index in [0.717, 1.165) is 16.8 Å². The van der Waals surface area contributed by atoms with E-state index in [1.54, 1.807) is 0 Å². The van der Waals surface area contributed by atoms with Gasteiger partial charge >= 0.3 is 6.18 Å². The lowest BCUT2D eigenvalue weighted by Crippen LogP contribution is -2.19. The Bertz CT molecular complexity index is 670. The van der Waals surface area contributed by atoms with Gasteiger partial charge in [-0.3, -0.25) is 4.79 Å². The van der Waals surface area contributed by atoms with E-state index in [4.69, 9.17) is 17.3 Å². The largest absolute Gasteiger partial charge is 0.417 e. The Morgan fingerprint density at radius 2 is 2.14 bits per heavy atom. The molecular formula is C11H9ClF3N5O. The molecule has 1 aromatic heterocycles. The summed E-state index contributed by atoms with van der Waals surface area (Å²) in [5, 5.41) is 5.56. The fourth-order valence-electron chi connectivity index (χ4n) is 1.55. The van der Waals surface area contributed by atoms with E-state index >= 15 is 0 Å². The number of aromatic nitrogens is 3. The van der Waals surface area contributed by atoms with Crippen LogP contribution in [-0.2, 0) is 17.5 Å². The Kier molecular flexibility index (Phi) is 4.03. The van der Waals surface area contributed by atoms with Gasteiger partial charge in [0.2, 0.25) is 11.9 Å². The molecule has 0 aliphatic carbocycles. The van der Waals surface area contributed by atoms with E-state index in [0.29, 0.717) is 0 Å². The number of rotatable bonds is 3. The number of carbonyl (C=O) groups is 1. The highest BCUT2D eigenvalue weighted by Gasteiger charge is 2.33. The van der Waals surface area contributed by atoms with Crippen molar-refractivity contribution in [2.45, 2.75) is 12.7 Å². The van der Waals surface area contributed by atoms with Gasteiger partial charge in [-0.05, 0) is 18.2 Å². The molecule has 2 rings (SSSR count). The second kappa shape index (κ2) is 5.60. The van der Waals surface area contributed by atoms with E-state index in [-0.39, 0.29) is 18.2 Å². The Hall–Kier alpha value is -2.29. The zero-order chi connectivity index (χ0) is 15.6. The van der Waals surface area contributed by atoms with Gasteiger partial charge in [0.15, 0.2) is 0 Å². The third-order valence-electron chi connectivity index (χ3n) is 2.42. The molecule has 10 heteroatoms. The van der Waals surface area contributed by atoms with Gasteiger partial charge in [0.1, 0.15) is 12.9 Å². The molecule has 3 N–H and O–H groups in total. The first kappa shape index (κ1) is 15.1. The molecule has 0 aliphatic rings. The molecule has 0 saturated heterocycles. The van der Waals surface area contributed by atoms with Gasteiger partial charge in [-0.15, -0.1) is 5.10 Å². The Labute approximate surface area is 121 Å². The van der Waals surface area contributed by atoms with Crippen LogP contribution in [0.25, 0.3) is 0 Å². The molecule has 112 valence electrons. The lowest BCUT2D eigenvalue weighted by Gasteiger charge is -2.11. The summed E-state index contributed by atoms with van der Waals surface area (Å²) in [6.07, 6.45) is -3.36. The number of hydrogen-bond donors (Lipinski definition) is 2. The molecule has 0 saturated carbocycles. The van der Waals surface area contributed by atoms with Crippen molar-refractivity contribution in [1.82, 2.24) is 14.8 Å². The Balaban J connectivity index is 2.11. The lowest BCUT2D eigenvalue weighted by molar-refractivity contribution is -0.137. The van der Waals surface area contributed by atoms with Crippen LogP contribution in [0.1, 0.15) is 5.56 Å². The molecule has 0 unspecified atom stereocenters. The first-order valence-electron chi connectivity index (χ1n) is 5.57. The highest BCUT2D eigenvalue weighted by molar-refractivity contribution is 6.31. The molecule has 1 amide bonds. The summed E-state index contributed by atoms with van der Waals surface area (Å²) >= 11 is 5.48. The Morgan fingerprint density at radius 3 is 2.71 bits per heavy atom. The predicted molar refractivity (Wildman–Crippen MR) is 69.5 cm³/mol. The maximum Gasteiger partial charge on any atom is 0.417 e. The summed E-state index contributed by atoms with van der Waals surface area (Å²) in [6, 6.07) is 3.09. The minimum absolute atomic E-state index is 0.00588. The van der Waals surface area contributed by atoms with Crippen LogP contribution in [-0.4, -0.2) is 20.7 Å². The molecule has 6 nitrogen and oxygen atoms in total. The van der Waals surface area contributed by atoms with Gasteiger partial charge in [-0.25, -0.2) is 9.67 Å². The smallest absolute Gasteiger partial charge is 0.367 e. The van der Waals surface area contributed by atoms with E-state index in [1.165, 1.54) is 12.4 Å². The van der Waals surface area contributed by atoms with E-state index in [9.17, 15) is 18.0 Å². The molecular weight excluding hydrogens is 311 g/mol. The molecule has 0 radical (unpaired) electrons. The van der Waals surface area contributed by atoms with Gasteiger partial charge in [-0.2, -0.15) is 13.2 Å². The van der Waals surface area contributed by atoms with Crippen LogP contribution in [0.4, 0.5) is 24.8 Å². The second-order valence-corrected chi connectivity index (χ2v) is 4.45. The van der Waals surface area contributed by atoms with Crippen LogP contribution in [0, 0.1) is 0 Å². The molecule has 0 atom stereocenters. The first-order chi connectivity index (χ1) is 9.75. The standard InChI is InChI=1S/C11H9ClF3N5O/c12-8-2-1-6(3-7(8)11(13,14)15)18-9(21)4-20-5-17-10(16)19-20/h1-3,5H,4H2,(H2,16,19)(H,18,21). The normalized spacial score (nSPS) is 11.4. The fourth-order valence-corrected chi connectivity index (χ4v) is 1.78. The van der Waals surface area contributed by atoms with Gasteiger partial charge in [0, 0.05) is 5.69 Å². The number of nitrogens with two attached hydrogens (primary N) is 1. The monoisotopic (exact) mass is 319 g/mol. The number of benzene rings is 1. The Morgan fingerprint density at radius 1 is 1.43 bits per heavy atom. The highest BCUT2D eigenvalue weighted by Crippen LogP contribution is 2.36. The average molecular weight is 320 g/mol. The summed E-state index contributed by atoms with van der Waals surface area (Å²) in [5.74, 6) is -0.580. The van der Waals surface area contributed by atoms with Crippen molar-refractivity contribution in [3.8, 4) is 0 Å². The van der Waals surface area contributed by atoms with Gasteiger partial charge in [-0.1, -0.05) is 11.6 Å². The predicted octanol–water partition coefficient (Wildman–Crippen LogP) is 2.17. The molecule has 0 spiro atoms. The lowest BCUT2D eigenvalue weighted by atomic mass is 10.2. The summed E-state index contributed by atoms with van der Waals surface area (Å²) in [7, 11) is 0. The van der Waals surface area contributed by atoms with E-state index in [1.807, 2.05) is 0 Å². The SMILES string of the molecule is Nc1ncn(CC(=O)Nc2ccc(Cl)c(C(F)(F)F)c2)n1. The number of carbonyl (C=O) groups excluding carboxylic acids is 1. The van der Waals surface area contributed by atoms with Crippen LogP contribution in [0.3, 0.4) is 0 Å². The minimum Gasteiger partial charge on any atom is -0.367 e. The molecule has 2 aromatic rings. The van der Waals surface area contributed by atoms with Crippen LogP contribution in [0.15, 0.2) is 24.5 Å². The molecule has 21 heavy (non-hydrogen) atoms. The number of nitrogen functional groups attached to an aromatic ring is 1. The average Bonchev–Trinajstić information content (AvgIpc) is 2.75. The molecule has 1 aromatic carbocycles.